The van der Waals surface area contributed by atoms with Crippen LogP contribution >= 0.6 is 11.8 Å². The van der Waals surface area contributed by atoms with Gasteiger partial charge in [0.15, 0.2) is 11.0 Å². The molecule has 2 aromatic heterocycles. The van der Waals surface area contributed by atoms with Crippen LogP contribution in [0.15, 0.2) is 35.6 Å². The Hall–Kier alpha value is -2.32. The van der Waals surface area contributed by atoms with Crippen LogP contribution in [0.5, 0.6) is 0 Å². The standard InChI is InChI=1S/C23H29N5O2S/c1-16-7-4-5-11-27(16)21(29)15-31-23-26-25-22(28(23)14-17-8-6-12-30-17)19-13-24-20-10-3-2-9-18(19)20/h2-3,9-10,13,16-17,24H,4-8,11-12,14-15H2,1H3/t16-,17-/m0/s1. The molecule has 0 unspecified atom stereocenters. The van der Waals surface area contributed by atoms with Gasteiger partial charge in [0.05, 0.1) is 18.4 Å². The van der Waals surface area contributed by atoms with Gasteiger partial charge in [-0.05, 0) is 45.1 Å². The van der Waals surface area contributed by atoms with Crippen molar-refractivity contribution in [2.75, 3.05) is 18.9 Å². The normalized spacial score (nSPS) is 21.8. The minimum absolute atomic E-state index is 0.164. The predicted molar refractivity (Wildman–Crippen MR) is 122 cm³/mol. The topological polar surface area (TPSA) is 76.0 Å². The zero-order chi connectivity index (χ0) is 21.2. The summed E-state index contributed by atoms with van der Waals surface area (Å²) < 4.78 is 8.05. The molecule has 1 amide bonds. The first-order valence-corrected chi connectivity index (χ1v) is 12.2. The highest BCUT2D eigenvalue weighted by Gasteiger charge is 2.26. The Kier molecular flexibility index (Phi) is 6.00. The number of fused-ring (bicyclic) bond motifs is 1. The number of carbonyl (C=O) groups excluding carboxylic acids is 1. The van der Waals surface area contributed by atoms with Crippen LogP contribution in [-0.2, 0) is 16.1 Å². The van der Waals surface area contributed by atoms with Gasteiger partial charge in [0.25, 0.3) is 0 Å². The van der Waals surface area contributed by atoms with Crippen molar-refractivity contribution in [3.05, 3.63) is 30.5 Å². The summed E-state index contributed by atoms with van der Waals surface area (Å²) in [5.74, 6) is 1.41. The molecule has 2 fully saturated rings. The zero-order valence-electron chi connectivity index (χ0n) is 17.9. The van der Waals surface area contributed by atoms with Gasteiger partial charge in [-0.3, -0.25) is 9.36 Å². The first-order valence-electron chi connectivity index (χ1n) is 11.2. The predicted octanol–water partition coefficient (Wildman–Crippen LogP) is 4.10. The molecule has 0 saturated carbocycles. The minimum atomic E-state index is 0.164. The molecule has 0 bridgehead atoms. The van der Waals surface area contributed by atoms with E-state index in [0.29, 0.717) is 18.3 Å². The maximum atomic E-state index is 12.9. The third-order valence-corrected chi connectivity index (χ3v) is 7.36. The summed E-state index contributed by atoms with van der Waals surface area (Å²) in [7, 11) is 0. The van der Waals surface area contributed by atoms with Crippen molar-refractivity contribution in [1.29, 1.82) is 0 Å². The van der Waals surface area contributed by atoms with E-state index in [2.05, 4.69) is 38.8 Å². The maximum absolute atomic E-state index is 12.9. The molecular formula is C23H29N5O2S. The van der Waals surface area contributed by atoms with Crippen LogP contribution in [0.4, 0.5) is 0 Å². The van der Waals surface area contributed by atoms with Crippen molar-refractivity contribution >= 4 is 28.6 Å². The molecule has 2 atom stereocenters. The number of rotatable bonds is 6. The molecule has 0 aliphatic carbocycles. The molecule has 2 aliphatic rings. The zero-order valence-corrected chi connectivity index (χ0v) is 18.7. The Morgan fingerprint density at radius 1 is 1.23 bits per heavy atom. The SMILES string of the molecule is C[C@H]1CCCCN1C(=O)CSc1nnc(-c2c[nH]c3ccccc23)n1C[C@@H]1CCCO1. The first-order chi connectivity index (χ1) is 15.2. The molecule has 31 heavy (non-hydrogen) atoms. The number of hydrogen-bond donors (Lipinski definition) is 1. The highest BCUT2D eigenvalue weighted by atomic mass is 32.2. The second-order valence-corrected chi connectivity index (χ2v) is 9.46. The van der Waals surface area contributed by atoms with Crippen molar-refractivity contribution in [1.82, 2.24) is 24.6 Å². The monoisotopic (exact) mass is 439 g/mol. The molecule has 0 radical (unpaired) electrons. The van der Waals surface area contributed by atoms with Crippen molar-refractivity contribution in [3.63, 3.8) is 0 Å². The quantitative estimate of drug-likeness (QED) is 0.585. The van der Waals surface area contributed by atoms with Crippen LogP contribution in [0, 0.1) is 0 Å². The molecule has 3 aromatic rings. The molecule has 5 rings (SSSR count). The fourth-order valence-electron chi connectivity index (χ4n) is 4.69. The van der Waals surface area contributed by atoms with Crippen molar-refractivity contribution < 1.29 is 9.53 Å². The second-order valence-electron chi connectivity index (χ2n) is 8.52. The molecular weight excluding hydrogens is 410 g/mol. The lowest BCUT2D eigenvalue weighted by Gasteiger charge is -2.33. The number of para-hydroxylation sites is 1. The van der Waals surface area contributed by atoms with E-state index in [4.69, 9.17) is 4.74 Å². The number of aromatic amines is 1. The summed E-state index contributed by atoms with van der Waals surface area (Å²) in [4.78, 5) is 18.2. The molecule has 2 aliphatic heterocycles. The fraction of sp³-hybridized carbons (Fsp3) is 0.522. The highest BCUT2D eigenvalue weighted by molar-refractivity contribution is 7.99. The smallest absolute Gasteiger partial charge is 0.233 e. The number of thioether (sulfide) groups is 1. The van der Waals surface area contributed by atoms with E-state index in [0.717, 1.165) is 66.3 Å². The number of H-pyrrole nitrogens is 1. The number of hydrogen-bond acceptors (Lipinski definition) is 5. The van der Waals surface area contributed by atoms with E-state index in [9.17, 15) is 4.79 Å². The molecule has 7 nitrogen and oxygen atoms in total. The maximum Gasteiger partial charge on any atom is 0.233 e. The summed E-state index contributed by atoms with van der Waals surface area (Å²) in [5.41, 5.74) is 2.11. The largest absolute Gasteiger partial charge is 0.376 e. The van der Waals surface area contributed by atoms with Crippen LogP contribution in [0.25, 0.3) is 22.3 Å². The molecule has 8 heteroatoms. The van der Waals surface area contributed by atoms with Crippen LogP contribution in [0.3, 0.4) is 0 Å². The van der Waals surface area contributed by atoms with E-state index in [-0.39, 0.29) is 12.0 Å². The van der Waals surface area contributed by atoms with E-state index in [1.807, 2.05) is 23.2 Å². The number of likely N-dealkylation sites (tertiary alicyclic amines) is 1. The summed E-state index contributed by atoms with van der Waals surface area (Å²) >= 11 is 1.49. The van der Waals surface area contributed by atoms with E-state index < -0.39 is 0 Å². The number of amides is 1. The van der Waals surface area contributed by atoms with Gasteiger partial charge in [0.1, 0.15) is 0 Å². The number of ether oxygens (including phenoxy) is 1. The van der Waals surface area contributed by atoms with Crippen LogP contribution in [0.2, 0.25) is 0 Å². The highest BCUT2D eigenvalue weighted by Crippen LogP contribution is 2.31. The second kappa shape index (κ2) is 9.04. The lowest BCUT2D eigenvalue weighted by atomic mass is 10.0. The average Bonchev–Trinajstić information content (AvgIpc) is 3.53. The third kappa shape index (κ3) is 4.23. The van der Waals surface area contributed by atoms with Gasteiger partial charge in [-0.1, -0.05) is 30.0 Å². The number of benzene rings is 1. The lowest BCUT2D eigenvalue weighted by Crippen LogP contribution is -2.43. The Balaban J connectivity index is 1.41. The van der Waals surface area contributed by atoms with Crippen molar-refractivity contribution in [3.8, 4) is 11.4 Å². The lowest BCUT2D eigenvalue weighted by molar-refractivity contribution is -0.131. The molecule has 2 saturated heterocycles. The fourth-order valence-corrected chi connectivity index (χ4v) is 5.52. The van der Waals surface area contributed by atoms with Gasteiger partial charge >= 0.3 is 0 Å². The average molecular weight is 440 g/mol. The van der Waals surface area contributed by atoms with Crippen LogP contribution < -0.4 is 0 Å². The van der Waals surface area contributed by atoms with Gasteiger partial charge in [0.2, 0.25) is 5.91 Å². The van der Waals surface area contributed by atoms with E-state index >= 15 is 0 Å². The molecule has 164 valence electrons. The number of nitrogens with one attached hydrogen (secondary N) is 1. The van der Waals surface area contributed by atoms with Crippen molar-refractivity contribution in [2.45, 2.75) is 62.9 Å². The van der Waals surface area contributed by atoms with Crippen LogP contribution in [-0.4, -0.2) is 61.6 Å². The van der Waals surface area contributed by atoms with Crippen LogP contribution in [0.1, 0.15) is 39.0 Å². The van der Waals surface area contributed by atoms with E-state index in [1.165, 1.54) is 18.2 Å². The summed E-state index contributed by atoms with van der Waals surface area (Å²) in [5, 5.41) is 11.0. The Labute approximate surface area is 186 Å². The Morgan fingerprint density at radius 3 is 2.97 bits per heavy atom. The Morgan fingerprint density at radius 2 is 2.13 bits per heavy atom. The van der Waals surface area contributed by atoms with Gasteiger partial charge < -0.3 is 14.6 Å². The Bertz CT molecular complexity index is 1060. The number of piperidine rings is 1. The molecule has 0 spiro atoms. The summed E-state index contributed by atoms with van der Waals surface area (Å²) in [6.07, 6.45) is 7.69. The summed E-state index contributed by atoms with van der Waals surface area (Å²) in [6, 6.07) is 8.55. The van der Waals surface area contributed by atoms with Crippen molar-refractivity contribution in [2.24, 2.45) is 0 Å². The third-order valence-electron chi connectivity index (χ3n) is 6.41. The van der Waals surface area contributed by atoms with Gasteiger partial charge in [-0.25, -0.2) is 0 Å². The first kappa shape index (κ1) is 20.6. The number of nitrogens with zero attached hydrogens (tertiary/aromatic N) is 4. The molecule has 1 N–H and O–H groups in total. The summed E-state index contributed by atoms with van der Waals surface area (Å²) in [6.45, 7) is 4.53. The van der Waals surface area contributed by atoms with Gasteiger partial charge in [-0.2, -0.15) is 0 Å². The number of carbonyl (C=O) groups is 1. The molecule has 4 heterocycles. The van der Waals surface area contributed by atoms with Gasteiger partial charge in [0, 0.05) is 41.9 Å². The number of aromatic nitrogens is 4. The van der Waals surface area contributed by atoms with Gasteiger partial charge in [-0.15, -0.1) is 10.2 Å². The van der Waals surface area contributed by atoms with E-state index in [1.54, 1.807) is 0 Å². The minimum Gasteiger partial charge on any atom is -0.376 e. The molecule has 1 aromatic carbocycles.